The van der Waals surface area contributed by atoms with E-state index in [2.05, 4.69) is 0 Å². The number of non-ortho nitro benzene ring substituents is 1. The SMILES string of the molecule is CC(C)(C)OC(=O)N(c1cccc([N+](=O)[O-])c1)C1CCC1. The van der Waals surface area contributed by atoms with Crippen LogP contribution in [-0.2, 0) is 4.74 Å². The second-order valence-electron chi connectivity index (χ2n) is 6.21. The van der Waals surface area contributed by atoms with E-state index < -0.39 is 16.6 Å². The Hall–Kier alpha value is -2.11. The number of nitrogens with zero attached hydrogens (tertiary/aromatic N) is 2. The van der Waals surface area contributed by atoms with Crippen LogP contribution in [-0.4, -0.2) is 22.7 Å². The van der Waals surface area contributed by atoms with Gasteiger partial charge in [0.05, 0.1) is 10.6 Å². The first kappa shape index (κ1) is 15.3. The molecule has 6 nitrogen and oxygen atoms in total. The highest BCUT2D eigenvalue weighted by Crippen LogP contribution is 2.32. The van der Waals surface area contributed by atoms with Gasteiger partial charge in [0.15, 0.2) is 0 Å². The zero-order valence-corrected chi connectivity index (χ0v) is 12.5. The molecule has 1 aromatic carbocycles. The molecule has 0 heterocycles. The predicted molar refractivity (Wildman–Crippen MR) is 79.4 cm³/mol. The molecular formula is C15H20N2O4. The molecule has 0 spiro atoms. The maximum Gasteiger partial charge on any atom is 0.415 e. The Labute approximate surface area is 123 Å². The zero-order valence-electron chi connectivity index (χ0n) is 12.5. The van der Waals surface area contributed by atoms with Crippen LogP contribution in [0.3, 0.4) is 0 Å². The maximum atomic E-state index is 12.4. The van der Waals surface area contributed by atoms with E-state index in [1.807, 2.05) is 0 Å². The molecule has 2 rings (SSSR count). The Morgan fingerprint density at radius 3 is 2.52 bits per heavy atom. The molecule has 0 N–H and O–H groups in total. The fourth-order valence-corrected chi connectivity index (χ4v) is 2.18. The first-order valence-electron chi connectivity index (χ1n) is 7.04. The van der Waals surface area contributed by atoms with Crippen LogP contribution < -0.4 is 4.90 Å². The van der Waals surface area contributed by atoms with E-state index in [0.717, 1.165) is 19.3 Å². The van der Waals surface area contributed by atoms with Crippen molar-refractivity contribution in [2.75, 3.05) is 4.90 Å². The van der Waals surface area contributed by atoms with Gasteiger partial charge >= 0.3 is 6.09 Å². The monoisotopic (exact) mass is 292 g/mol. The summed E-state index contributed by atoms with van der Waals surface area (Å²) in [5, 5.41) is 10.9. The van der Waals surface area contributed by atoms with E-state index in [0.29, 0.717) is 5.69 Å². The van der Waals surface area contributed by atoms with Crippen molar-refractivity contribution in [3.05, 3.63) is 34.4 Å². The first-order chi connectivity index (χ1) is 9.78. The second-order valence-corrected chi connectivity index (χ2v) is 6.21. The van der Waals surface area contributed by atoms with Gasteiger partial charge in [0, 0.05) is 18.2 Å². The highest BCUT2D eigenvalue weighted by atomic mass is 16.6. The van der Waals surface area contributed by atoms with Crippen molar-refractivity contribution < 1.29 is 14.5 Å². The van der Waals surface area contributed by atoms with E-state index in [1.54, 1.807) is 37.8 Å². The predicted octanol–water partition coefficient (Wildman–Crippen LogP) is 3.89. The molecule has 0 bridgehead atoms. The van der Waals surface area contributed by atoms with Gasteiger partial charge in [-0.05, 0) is 46.1 Å². The number of ether oxygens (including phenoxy) is 1. The van der Waals surface area contributed by atoms with Crippen molar-refractivity contribution in [2.24, 2.45) is 0 Å². The van der Waals surface area contributed by atoms with Crippen LogP contribution in [0.2, 0.25) is 0 Å². The van der Waals surface area contributed by atoms with Crippen molar-refractivity contribution in [3.8, 4) is 0 Å². The Balaban J connectivity index is 2.29. The van der Waals surface area contributed by atoms with Gasteiger partial charge in [0.2, 0.25) is 0 Å². The van der Waals surface area contributed by atoms with Crippen LogP contribution in [0.4, 0.5) is 16.2 Å². The zero-order chi connectivity index (χ0) is 15.6. The van der Waals surface area contributed by atoms with Gasteiger partial charge in [0.25, 0.3) is 5.69 Å². The molecule has 114 valence electrons. The highest BCUT2D eigenvalue weighted by Gasteiger charge is 2.33. The Bertz CT molecular complexity index is 547. The lowest BCUT2D eigenvalue weighted by atomic mass is 9.91. The highest BCUT2D eigenvalue weighted by molar-refractivity contribution is 5.89. The number of nitro groups is 1. The van der Waals surface area contributed by atoms with Crippen LogP contribution in [0.25, 0.3) is 0 Å². The van der Waals surface area contributed by atoms with Gasteiger partial charge in [-0.3, -0.25) is 15.0 Å². The lowest BCUT2D eigenvalue weighted by Crippen LogP contribution is -2.46. The van der Waals surface area contributed by atoms with E-state index in [-0.39, 0.29) is 11.7 Å². The van der Waals surface area contributed by atoms with Crippen molar-refractivity contribution in [1.82, 2.24) is 0 Å². The van der Waals surface area contributed by atoms with Crippen LogP contribution in [0.1, 0.15) is 40.0 Å². The third-order valence-electron chi connectivity index (χ3n) is 3.35. The van der Waals surface area contributed by atoms with Gasteiger partial charge in [-0.15, -0.1) is 0 Å². The summed E-state index contributed by atoms with van der Waals surface area (Å²) < 4.78 is 5.43. The molecule has 0 aliphatic heterocycles. The molecular weight excluding hydrogens is 272 g/mol. The molecule has 1 aromatic rings. The number of anilines is 1. The number of benzene rings is 1. The fourth-order valence-electron chi connectivity index (χ4n) is 2.18. The van der Waals surface area contributed by atoms with E-state index in [9.17, 15) is 14.9 Å². The van der Waals surface area contributed by atoms with Gasteiger partial charge in [-0.25, -0.2) is 4.79 Å². The average molecular weight is 292 g/mol. The van der Waals surface area contributed by atoms with Crippen LogP contribution >= 0.6 is 0 Å². The summed E-state index contributed by atoms with van der Waals surface area (Å²) in [6, 6.07) is 6.18. The first-order valence-corrected chi connectivity index (χ1v) is 7.04. The lowest BCUT2D eigenvalue weighted by molar-refractivity contribution is -0.384. The smallest absolute Gasteiger partial charge is 0.415 e. The molecule has 0 saturated heterocycles. The van der Waals surface area contributed by atoms with Gasteiger partial charge in [-0.1, -0.05) is 6.07 Å². The molecule has 6 heteroatoms. The Morgan fingerprint density at radius 1 is 1.38 bits per heavy atom. The minimum atomic E-state index is -0.597. The van der Waals surface area contributed by atoms with Gasteiger partial charge in [-0.2, -0.15) is 0 Å². The van der Waals surface area contributed by atoms with Crippen molar-refractivity contribution in [1.29, 1.82) is 0 Å². The van der Waals surface area contributed by atoms with E-state index in [1.165, 1.54) is 12.1 Å². The Kier molecular flexibility index (Phi) is 4.16. The normalized spacial score (nSPS) is 15.2. The molecule has 1 aliphatic rings. The summed E-state index contributed by atoms with van der Waals surface area (Å²) in [6.45, 7) is 5.41. The molecule has 0 radical (unpaired) electrons. The summed E-state index contributed by atoms with van der Waals surface area (Å²) >= 11 is 0. The topological polar surface area (TPSA) is 72.7 Å². The molecule has 1 aliphatic carbocycles. The summed E-state index contributed by atoms with van der Waals surface area (Å²) in [4.78, 5) is 24.4. The quantitative estimate of drug-likeness (QED) is 0.625. The number of hydrogen-bond acceptors (Lipinski definition) is 4. The minimum absolute atomic E-state index is 0.0274. The second kappa shape index (κ2) is 5.71. The van der Waals surface area contributed by atoms with E-state index in [4.69, 9.17) is 4.74 Å². The van der Waals surface area contributed by atoms with E-state index >= 15 is 0 Å². The number of nitro benzene ring substituents is 1. The standard InChI is InChI=1S/C15H20N2O4/c1-15(2,3)21-14(18)16(11-6-4-7-11)12-8-5-9-13(10-12)17(19)20/h5,8-11H,4,6-7H2,1-3H3. The largest absolute Gasteiger partial charge is 0.443 e. The number of hydrogen-bond donors (Lipinski definition) is 0. The fraction of sp³-hybridized carbons (Fsp3) is 0.533. The van der Waals surface area contributed by atoms with Crippen molar-refractivity contribution >= 4 is 17.5 Å². The number of amides is 1. The molecule has 0 aromatic heterocycles. The van der Waals surface area contributed by atoms with Crippen LogP contribution in [0, 0.1) is 10.1 Å². The number of rotatable bonds is 3. The third-order valence-corrected chi connectivity index (χ3v) is 3.35. The molecule has 0 atom stereocenters. The van der Waals surface area contributed by atoms with Crippen molar-refractivity contribution in [3.63, 3.8) is 0 Å². The summed E-state index contributed by atoms with van der Waals surface area (Å²) in [5.74, 6) is 0. The van der Waals surface area contributed by atoms with Gasteiger partial charge in [0.1, 0.15) is 5.60 Å². The lowest BCUT2D eigenvalue weighted by Gasteiger charge is -2.38. The Morgan fingerprint density at radius 2 is 2.05 bits per heavy atom. The van der Waals surface area contributed by atoms with Crippen LogP contribution in [0.15, 0.2) is 24.3 Å². The molecule has 1 fully saturated rings. The molecule has 21 heavy (non-hydrogen) atoms. The van der Waals surface area contributed by atoms with Crippen LogP contribution in [0.5, 0.6) is 0 Å². The summed E-state index contributed by atoms with van der Waals surface area (Å²) in [7, 11) is 0. The molecule has 1 amide bonds. The summed E-state index contributed by atoms with van der Waals surface area (Å²) in [5.41, 5.74) is -0.108. The maximum absolute atomic E-state index is 12.4. The van der Waals surface area contributed by atoms with Crippen molar-refractivity contribution in [2.45, 2.75) is 51.7 Å². The number of carbonyl (C=O) groups is 1. The molecule has 1 saturated carbocycles. The molecule has 0 unspecified atom stereocenters. The minimum Gasteiger partial charge on any atom is -0.443 e. The number of carbonyl (C=O) groups excluding carboxylic acids is 1. The summed E-state index contributed by atoms with van der Waals surface area (Å²) in [6.07, 6.45) is 2.38. The third kappa shape index (κ3) is 3.71. The average Bonchev–Trinajstić information content (AvgIpc) is 2.31. The van der Waals surface area contributed by atoms with Gasteiger partial charge < -0.3 is 4.74 Å².